The average molecular weight is 281 g/mol. The second kappa shape index (κ2) is 7.37. The van der Waals surface area contributed by atoms with Crippen LogP contribution < -0.4 is 14.8 Å². The van der Waals surface area contributed by atoms with Crippen molar-refractivity contribution in [2.45, 2.75) is 26.8 Å². The number of rotatable bonds is 7. The predicted molar refractivity (Wildman–Crippen MR) is 73.3 cm³/mol. The number of amides is 1. The van der Waals surface area contributed by atoms with Gasteiger partial charge in [0.1, 0.15) is 0 Å². The topological polar surface area (TPSA) is 84.9 Å². The van der Waals surface area contributed by atoms with Crippen LogP contribution in [0.25, 0.3) is 0 Å². The Balaban J connectivity index is 2.93. The minimum atomic E-state index is -1.07. The van der Waals surface area contributed by atoms with Crippen LogP contribution in [0.2, 0.25) is 0 Å². The van der Waals surface area contributed by atoms with E-state index in [-0.39, 0.29) is 11.9 Å². The maximum atomic E-state index is 11.9. The van der Waals surface area contributed by atoms with Crippen LogP contribution in [0, 0.1) is 0 Å². The van der Waals surface area contributed by atoms with Crippen LogP contribution in [-0.2, 0) is 4.79 Å². The van der Waals surface area contributed by atoms with Crippen molar-refractivity contribution in [2.24, 2.45) is 0 Å². The van der Waals surface area contributed by atoms with Gasteiger partial charge in [-0.3, -0.25) is 4.79 Å². The van der Waals surface area contributed by atoms with Crippen molar-refractivity contribution in [1.29, 1.82) is 0 Å². The standard InChI is InChI=1S/C14H19NO5/c1-4-19-12-7-10(14(18)15-9(2)3)5-6-11(12)20-8-13(16)17/h5-7,9H,4,8H2,1-3H3,(H,15,18)(H,16,17). The zero-order valence-corrected chi connectivity index (χ0v) is 11.8. The Morgan fingerprint density at radius 2 is 1.95 bits per heavy atom. The first-order valence-electron chi connectivity index (χ1n) is 6.36. The number of carbonyl (C=O) groups is 2. The van der Waals surface area contributed by atoms with Crippen molar-refractivity contribution in [1.82, 2.24) is 5.32 Å². The number of nitrogens with one attached hydrogen (secondary N) is 1. The minimum absolute atomic E-state index is 0.0287. The van der Waals surface area contributed by atoms with Gasteiger partial charge in [-0.2, -0.15) is 0 Å². The zero-order valence-electron chi connectivity index (χ0n) is 11.8. The van der Waals surface area contributed by atoms with Gasteiger partial charge in [0.2, 0.25) is 0 Å². The molecule has 2 N–H and O–H groups in total. The summed E-state index contributed by atoms with van der Waals surface area (Å²) in [5.74, 6) is -0.639. The molecule has 0 aliphatic rings. The van der Waals surface area contributed by atoms with Gasteiger partial charge >= 0.3 is 5.97 Å². The monoisotopic (exact) mass is 281 g/mol. The fourth-order valence-corrected chi connectivity index (χ4v) is 1.52. The van der Waals surface area contributed by atoms with E-state index in [0.29, 0.717) is 23.7 Å². The van der Waals surface area contributed by atoms with Gasteiger partial charge in [0, 0.05) is 11.6 Å². The quantitative estimate of drug-likeness (QED) is 0.794. The molecule has 6 heteroatoms. The fraction of sp³-hybridized carbons (Fsp3) is 0.429. The summed E-state index contributed by atoms with van der Waals surface area (Å²) in [7, 11) is 0. The van der Waals surface area contributed by atoms with E-state index in [1.807, 2.05) is 13.8 Å². The highest BCUT2D eigenvalue weighted by atomic mass is 16.5. The van der Waals surface area contributed by atoms with Crippen LogP contribution in [0.3, 0.4) is 0 Å². The lowest BCUT2D eigenvalue weighted by Gasteiger charge is -2.13. The van der Waals surface area contributed by atoms with Crippen LogP contribution in [0.4, 0.5) is 0 Å². The summed E-state index contributed by atoms with van der Waals surface area (Å²) in [6.07, 6.45) is 0. The zero-order chi connectivity index (χ0) is 15.1. The minimum Gasteiger partial charge on any atom is -0.490 e. The Morgan fingerprint density at radius 1 is 1.25 bits per heavy atom. The average Bonchev–Trinajstić information content (AvgIpc) is 2.36. The number of aliphatic carboxylic acids is 1. The molecule has 0 aliphatic carbocycles. The third-order valence-electron chi connectivity index (χ3n) is 2.28. The number of ether oxygens (including phenoxy) is 2. The molecule has 0 spiro atoms. The highest BCUT2D eigenvalue weighted by molar-refractivity contribution is 5.95. The van der Waals surface area contributed by atoms with Gasteiger partial charge in [0.25, 0.3) is 5.91 Å². The molecule has 1 rings (SSSR count). The molecule has 0 fully saturated rings. The molecule has 0 radical (unpaired) electrons. The van der Waals surface area contributed by atoms with E-state index in [1.165, 1.54) is 6.07 Å². The molecule has 6 nitrogen and oxygen atoms in total. The third kappa shape index (κ3) is 4.79. The summed E-state index contributed by atoms with van der Waals surface area (Å²) < 4.78 is 10.5. The maximum absolute atomic E-state index is 11.9. The Bertz CT molecular complexity index is 484. The maximum Gasteiger partial charge on any atom is 0.341 e. The number of hydrogen-bond acceptors (Lipinski definition) is 4. The normalized spacial score (nSPS) is 10.2. The Hall–Kier alpha value is -2.24. The van der Waals surface area contributed by atoms with Crippen LogP contribution >= 0.6 is 0 Å². The van der Waals surface area contributed by atoms with Gasteiger partial charge in [-0.15, -0.1) is 0 Å². The smallest absolute Gasteiger partial charge is 0.341 e. The molecule has 20 heavy (non-hydrogen) atoms. The van der Waals surface area contributed by atoms with Crippen molar-refractivity contribution in [3.05, 3.63) is 23.8 Å². The van der Waals surface area contributed by atoms with Gasteiger partial charge in [0.05, 0.1) is 6.61 Å². The van der Waals surface area contributed by atoms with E-state index in [1.54, 1.807) is 19.1 Å². The number of benzene rings is 1. The summed E-state index contributed by atoms with van der Waals surface area (Å²) in [4.78, 5) is 22.4. The van der Waals surface area contributed by atoms with Gasteiger partial charge in [-0.25, -0.2) is 4.79 Å². The SMILES string of the molecule is CCOc1cc(C(=O)NC(C)C)ccc1OCC(=O)O. The van der Waals surface area contributed by atoms with Gasteiger partial charge < -0.3 is 19.9 Å². The molecule has 1 aromatic carbocycles. The highest BCUT2D eigenvalue weighted by Crippen LogP contribution is 2.28. The molecule has 0 heterocycles. The molecule has 0 saturated carbocycles. The predicted octanol–water partition coefficient (Wildman–Crippen LogP) is 1.69. The summed E-state index contributed by atoms with van der Waals surface area (Å²) in [5.41, 5.74) is 0.435. The summed E-state index contributed by atoms with van der Waals surface area (Å²) in [6.45, 7) is 5.45. The molecular formula is C14H19NO5. The first kappa shape index (κ1) is 15.8. The number of carboxylic acid groups (broad SMARTS) is 1. The van der Waals surface area contributed by atoms with Crippen molar-refractivity contribution in [2.75, 3.05) is 13.2 Å². The van der Waals surface area contributed by atoms with Crippen molar-refractivity contribution in [3.8, 4) is 11.5 Å². The molecular weight excluding hydrogens is 262 g/mol. The van der Waals surface area contributed by atoms with E-state index < -0.39 is 12.6 Å². The van der Waals surface area contributed by atoms with E-state index in [2.05, 4.69) is 5.32 Å². The van der Waals surface area contributed by atoms with Crippen molar-refractivity contribution >= 4 is 11.9 Å². The lowest BCUT2D eigenvalue weighted by molar-refractivity contribution is -0.139. The number of hydrogen-bond donors (Lipinski definition) is 2. The first-order valence-corrected chi connectivity index (χ1v) is 6.36. The molecule has 0 aliphatic heterocycles. The largest absolute Gasteiger partial charge is 0.490 e. The lowest BCUT2D eigenvalue weighted by atomic mass is 10.1. The highest BCUT2D eigenvalue weighted by Gasteiger charge is 2.13. The Labute approximate surface area is 117 Å². The Kier molecular flexibility index (Phi) is 5.83. The Morgan fingerprint density at radius 3 is 2.50 bits per heavy atom. The van der Waals surface area contributed by atoms with Crippen LogP contribution in [-0.4, -0.2) is 36.2 Å². The molecule has 0 atom stereocenters. The van der Waals surface area contributed by atoms with E-state index in [9.17, 15) is 9.59 Å². The molecule has 0 saturated heterocycles. The second-order valence-electron chi connectivity index (χ2n) is 4.41. The van der Waals surface area contributed by atoms with Gasteiger partial charge in [-0.1, -0.05) is 0 Å². The van der Waals surface area contributed by atoms with E-state index in [4.69, 9.17) is 14.6 Å². The van der Waals surface area contributed by atoms with E-state index in [0.717, 1.165) is 0 Å². The van der Waals surface area contributed by atoms with Crippen molar-refractivity contribution < 1.29 is 24.2 Å². The summed E-state index contributed by atoms with van der Waals surface area (Å²) >= 11 is 0. The summed E-state index contributed by atoms with van der Waals surface area (Å²) in [5, 5.41) is 11.4. The van der Waals surface area contributed by atoms with Crippen LogP contribution in [0.5, 0.6) is 11.5 Å². The molecule has 1 aromatic rings. The molecule has 1 amide bonds. The molecule has 0 aromatic heterocycles. The number of carbonyl (C=O) groups excluding carboxylic acids is 1. The molecule has 0 unspecified atom stereocenters. The molecule has 0 bridgehead atoms. The van der Waals surface area contributed by atoms with Crippen LogP contribution in [0.1, 0.15) is 31.1 Å². The van der Waals surface area contributed by atoms with E-state index >= 15 is 0 Å². The third-order valence-corrected chi connectivity index (χ3v) is 2.28. The lowest BCUT2D eigenvalue weighted by Crippen LogP contribution is -2.30. The first-order chi connectivity index (χ1) is 9.43. The second-order valence-corrected chi connectivity index (χ2v) is 4.41. The van der Waals surface area contributed by atoms with Gasteiger partial charge in [0.15, 0.2) is 18.1 Å². The van der Waals surface area contributed by atoms with Crippen LogP contribution in [0.15, 0.2) is 18.2 Å². The molecule has 110 valence electrons. The van der Waals surface area contributed by atoms with Gasteiger partial charge in [-0.05, 0) is 39.0 Å². The number of carboxylic acids is 1. The summed E-state index contributed by atoms with van der Waals surface area (Å²) in [6, 6.07) is 4.67. The van der Waals surface area contributed by atoms with Crippen molar-refractivity contribution in [3.63, 3.8) is 0 Å². The fourth-order valence-electron chi connectivity index (χ4n) is 1.52.